The maximum absolute atomic E-state index is 12.3. The summed E-state index contributed by atoms with van der Waals surface area (Å²) in [6, 6.07) is 7.37. The molecular formula is C13H12F2N2O2. The Labute approximate surface area is 109 Å². The summed E-state index contributed by atoms with van der Waals surface area (Å²) in [4.78, 5) is 13.7. The molecular weight excluding hydrogens is 254 g/mol. The highest BCUT2D eigenvalue weighted by Gasteiger charge is 2.30. The first-order valence-electron chi connectivity index (χ1n) is 5.88. The number of likely N-dealkylation sites (tertiary alicyclic amines) is 1. The second-order valence-corrected chi connectivity index (χ2v) is 4.16. The van der Waals surface area contributed by atoms with Crippen molar-refractivity contribution >= 4 is 5.91 Å². The third kappa shape index (κ3) is 2.81. The summed E-state index contributed by atoms with van der Waals surface area (Å²) in [5.41, 5.74) is 0.0601. The molecule has 1 aromatic carbocycles. The molecule has 1 atom stereocenters. The number of halogens is 2. The molecule has 0 bridgehead atoms. The van der Waals surface area contributed by atoms with Gasteiger partial charge in [0.15, 0.2) is 0 Å². The zero-order valence-corrected chi connectivity index (χ0v) is 10.1. The number of ether oxygens (including phenoxy) is 1. The number of benzene rings is 1. The fourth-order valence-corrected chi connectivity index (χ4v) is 2.14. The number of alkyl halides is 2. The van der Waals surface area contributed by atoms with Crippen LogP contribution in [0.5, 0.6) is 5.75 Å². The number of para-hydroxylation sites is 1. The van der Waals surface area contributed by atoms with Crippen LogP contribution in [0.15, 0.2) is 24.3 Å². The predicted octanol–water partition coefficient (Wildman–Crippen LogP) is 2.42. The average Bonchev–Trinajstić information content (AvgIpc) is 2.86. The van der Waals surface area contributed by atoms with Crippen LogP contribution >= 0.6 is 0 Å². The lowest BCUT2D eigenvalue weighted by Crippen LogP contribution is -2.34. The second kappa shape index (κ2) is 5.65. The number of carbonyl (C=O) groups excluding carboxylic acids is 1. The minimum Gasteiger partial charge on any atom is -0.434 e. The van der Waals surface area contributed by atoms with Gasteiger partial charge < -0.3 is 9.64 Å². The SMILES string of the molecule is N#CC1CCCN1C(=O)c1ccccc1OC(F)F. The minimum absolute atomic E-state index is 0.0601. The quantitative estimate of drug-likeness (QED) is 0.844. The zero-order valence-electron chi connectivity index (χ0n) is 10.1. The molecule has 19 heavy (non-hydrogen) atoms. The molecule has 6 heteroatoms. The summed E-state index contributed by atoms with van der Waals surface area (Å²) >= 11 is 0. The van der Waals surface area contributed by atoms with Gasteiger partial charge in [0.1, 0.15) is 11.8 Å². The average molecular weight is 266 g/mol. The van der Waals surface area contributed by atoms with E-state index in [9.17, 15) is 13.6 Å². The lowest BCUT2D eigenvalue weighted by molar-refractivity contribution is -0.0502. The fourth-order valence-electron chi connectivity index (χ4n) is 2.14. The van der Waals surface area contributed by atoms with Crippen molar-refractivity contribution in [1.29, 1.82) is 5.26 Å². The van der Waals surface area contributed by atoms with Gasteiger partial charge in [-0.25, -0.2) is 0 Å². The molecule has 0 radical (unpaired) electrons. The van der Waals surface area contributed by atoms with Crippen molar-refractivity contribution in [2.45, 2.75) is 25.5 Å². The van der Waals surface area contributed by atoms with Crippen LogP contribution in [0.3, 0.4) is 0 Å². The van der Waals surface area contributed by atoms with Gasteiger partial charge in [-0.1, -0.05) is 12.1 Å². The van der Waals surface area contributed by atoms with E-state index in [-0.39, 0.29) is 11.3 Å². The number of amides is 1. The standard InChI is InChI=1S/C13H12F2N2O2/c14-13(15)19-11-6-2-1-5-10(11)12(18)17-7-3-4-9(17)8-16/h1-2,5-6,9,13H,3-4,7H2. The zero-order chi connectivity index (χ0) is 13.8. The molecule has 0 saturated carbocycles. The smallest absolute Gasteiger partial charge is 0.387 e. The van der Waals surface area contributed by atoms with Gasteiger partial charge >= 0.3 is 6.61 Å². The first-order chi connectivity index (χ1) is 9.13. The van der Waals surface area contributed by atoms with E-state index in [0.29, 0.717) is 13.0 Å². The number of nitrogens with zero attached hydrogens (tertiary/aromatic N) is 2. The second-order valence-electron chi connectivity index (χ2n) is 4.16. The molecule has 2 rings (SSSR count). The third-order valence-corrected chi connectivity index (χ3v) is 3.00. The van der Waals surface area contributed by atoms with E-state index in [0.717, 1.165) is 6.42 Å². The molecule has 0 spiro atoms. The summed E-state index contributed by atoms with van der Waals surface area (Å²) in [5, 5.41) is 8.95. The van der Waals surface area contributed by atoms with Gasteiger partial charge in [-0.2, -0.15) is 14.0 Å². The highest BCUT2D eigenvalue weighted by atomic mass is 19.3. The molecule has 0 aliphatic carbocycles. The fraction of sp³-hybridized carbons (Fsp3) is 0.385. The van der Waals surface area contributed by atoms with Gasteiger partial charge in [0.2, 0.25) is 0 Å². The van der Waals surface area contributed by atoms with Crippen LogP contribution in [0.4, 0.5) is 8.78 Å². The van der Waals surface area contributed by atoms with Crippen LogP contribution in [-0.4, -0.2) is 30.0 Å². The number of hydrogen-bond donors (Lipinski definition) is 0. The van der Waals surface area contributed by atoms with Gasteiger partial charge in [0, 0.05) is 6.54 Å². The Morgan fingerprint density at radius 1 is 1.47 bits per heavy atom. The van der Waals surface area contributed by atoms with Gasteiger partial charge in [-0.05, 0) is 25.0 Å². The Bertz CT molecular complexity index is 514. The lowest BCUT2D eigenvalue weighted by Gasteiger charge is -2.20. The van der Waals surface area contributed by atoms with E-state index < -0.39 is 18.6 Å². The van der Waals surface area contributed by atoms with Gasteiger partial charge in [-0.15, -0.1) is 0 Å². The minimum atomic E-state index is -2.99. The van der Waals surface area contributed by atoms with E-state index in [1.165, 1.54) is 23.1 Å². The van der Waals surface area contributed by atoms with E-state index in [1.54, 1.807) is 6.07 Å². The lowest BCUT2D eigenvalue weighted by atomic mass is 10.1. The molecule has 1 fully saturated rings. The van der Waals surface area contributed by atoms with Gasteiger partial charge in [0.05, 0.1) is 11.6 Å². The Balaban J connectivity index is 2.26. The van der Waals surface area contributed by atoms with Crippen molar-refractivity contribution in [3.63, 3.8) is 0 Å². The van der Waals surface area contributed by atoms with Gasteiger partial charge in [-0.3, -0.25) is 4.79 Å². The first-order valence-corrected chi connectivity index (χ1v) is 5.88. The van der Waals surface area contributed by atoms with Crippen molar-refractivity contribution in [3.8, 4) is 11.8 Å². The van der Waals surface area contributed by atoms with Crippen LogP contribution in [0, 0.1) is 11.3 Å². The monoisotopic (exact) mass is 266 g/mol. The highest BCUT2D eigenvalue weighted by Crippen LogP contribution is 2.25. The van der Waals surface area contributed by atoms with Crippen molar-refractivity contribution in [1.82, 2.24) is 4.90 Å². The molecule has 1 heterocycles. The van der Waals surface area contributed by atoms with Crippen LogP contribution < -0.4 is 4.74 Å². The summed E-state index contributed by atoms with van der Waals surface area (Å²) in [5.74, 6) is -0.605. The van der Waals surface area contributed by atoms with E-state index in [4.69, 9.17) is 5.26 Å². The molecule has 1 aromatic rings. The molecule has 1 aliphatic heterocycles. The number of rotatable bonds is 3. The van der Waals surface area contributed by atoms with Crippen LogP contribution in [-0.2, 0) is 0 Å². The number of nitriles is 1. The molecule has 100 valence electrons. The Morgan fingerprint density at radius 3 is 2.89 bits per heavy atom. The summed E-state index contributed by atoms with van der Waals surface area (Å²) in [6.45, 7) is -2.53. The Morgan fingerprint density at radius 2 is 2.21 bits per heavy atom. The van der Waals surface area contributed by atoms with Crippen LogP contribution in [0.2, 0.25) is 0 Å². The van der Waals surface area contributed by atoms with E-state index in [1.807, 2.05) is 6.07 Å². The van der Waals surface area contributed by atoms with Crippen molar-refractivity contribution in [2.75, 3.05) is 6.54 Å². The number of carbonyl (C=O) groups is 1. The van der Waals surface area contributed by atoms with E-state index >= 15 is 0 Å². The first kappa shape index (κ1) is 13.3. The van der Waals surface area contributed by atoms with Crippen molar-refractivity contribution in [2.24, 2.45) is 0 Å². The molecule has 4 nitrogen and oxygen atoms in total. The topological polar surface area (TPSA) is 53.3 Å². The largest absolute Gasteiger partial charge is 0.434 e. The molecule has 1 unspecified atom stereocenters. The summed E-state index contributed by atoms with van der Waals surface area (Å²) in [6.07, 6.45) is 1.35. The van der Waals surface area contributed by atoms with Crippen molar-refractivity contribution < 1.29 is 18.3 Å². The summed E-state index contributed by atoms with van der Waals surface area (Å²) < 4.78 is 28.9. The van der Waals surface area contributed by atoms with Crippen LogP contribution in [0.1, 0.15) is 23.2 Å². The van der Waals surface area contributed by atoms with Gasteiger partial charge in [0.25, 0.3) is 5.91 Å². The normalized spacial score (nSPS) is 18.4. The predicted molar refractivity (Wildman–Crippen MR) is 62.7 cm³/mol. The van der Waals surface area contributed by atoms with Crippen LogP contribution in [0.25, 0.3) is 0 Å². The maximum Gasteiger partial charge on any atom is 0.387 e. The Kier molecular flexibility index (Phi) is 3.95. The molecule has 1 amide bonds. The summed E-state index contributed by atoms with van der Waals surface area (Å²) in [7, 11) is 0. The molecule has 1 aliphatic rings. The van der Waals surface area contributed by atoms with Crippen molar-refractivity contribution in [3.05, 3.63) is 29.8 Å². The molecule has 1 saturated heterocycles. The highest BCUT2D eigenvalue weighted by molar-refractivity contribution is 5.97. The molecule has 0 aromatic heterocycles. The maximum atomic E-state index is 12.3. The Hall–Kier alpha value is -2.16. The third-order valence-electron chi connectivity index (χ3n) is 3.00. The number of hydrogen-bond acceptors (Lipinski definition) is 3. The molecule has 0 N–H and O–H groups in total. The van der Waals surface area contributed by atoms with E-state index in [2.05, 4.69) is 4.74 Å².